The van der Waals surface area contributed by atoms with Gasteiger partial charge < -0.3 is 15.6 Å². The van der Waals surface area contributed by atoms with E-state index in [1.165, 1.54) is 0 Å². The minimum atomic E-state index is -0.773. The van der Waals surface area contributed by atoms with Crippen molar-refractivity contribution in [3.05, 3.63) is 0 Å². The van der Waals surface area contributed by atoms with Crippen molar-refractivity contribution in [3.63, 3.8) is 0 Å². The SMILES string of the molecule is CC(CCO)C(C)(C)OC(N)=O. The minimum absolute atomic E-state index is 0.0900. The standard InChI is InChI=1S/C8H17NO3/c1-6(4-5-10)8(2,3)12-7(9)11/h6,10H,4-5H2,1-3H3,(H2,9,11). The summed E-state index contributed by atoms with van der Waals surface area (Å²) in [5.74, 6) is 0.0926. The zero-order valence-corrected chi connectivity index (χ0v) is 7.83. The number of ether oxygens (including phenoxy) is 1. The van der Waals surface area contributed by atoms with E-state index in [1.807, 2.05) is 6.92 Å². The molecule has 72 valence electrons. The highest BCUT2D eigenvalue weighted by Crippen LogP contribution is 2.23. The van der Waals surface area contributed by atoms with E-state index in [9.17, 15) is 4.79 Å². The first-order valence-electron chi connectivity index (χ1n) is 3.99. The van der Waals surface area contributed by atoms with Gasteiger partial charge >= 0.3 is 6.09 Å². The normalized spacial score (nSPS) is 14.0. The molecular weight excluding hydrogens is 158 g/mol. The fraction of sp³-hybridized carbons (Fsp3) is 0.875. The van der Waals surface area contributed by atoms with Crippen LogP contribution in [0.25, 0.3) is 0 Å². The molecular formula is C8H17NO3. The Morgan fingerprint density at radius 2 is 2.17 bits per heavy atom. The second kappa shape index (κ2) is 4.30. The van der Waals surface area contributed by atoms with E-state index in [2.05, 4.69) is 0 Å². The van der Waals surface area contributed by atoms with Gasteiger partial charge in [0.1, 0.15) is 5.60 Å². The second-order valence-electron chi connectivity index (χ2n) is 3.44. The summed E-state index contributed by atoms with van der Waals surface area (Å²) in [4.78, 5) is 10.5. The van der Waals surface area contributed by atoms with Crippen LogP contribution in [0.5, 0.6) is 0 Å². The molecule has 3 N–H and O–H groups in total. The molecule has 4 nitrogen and oxygen atoms in total. The average molecular weight is 175 g/mol. The molecule has 0 spiro atoms. The Labute approximate surface area is 72.7 Å². The van der Waals surface area contributed by atoms with Crippen LogP contribution in [0.2, 0.25) is 0 Å². The largest absolute Gasteiger partial charge is 0.443 e. The van der Waals surface area contributed by atoms with Gasteiger partial charge in [-0.2, -0.15) is 0 Å². The molecule has 0 fully saturated rings. The monoisotopic (exact) mass is 175 g/mol. The summed E-state index contributed by atoms with van der Waals surface area (Å²) in [6.07, 6.45) is -0.176. The van der Waals surface area contributed by atoms with Crippen molar-refractivity contribution in [2.45, 2.75) is 32.8 Å². The molecule has 0 heterocycles. The van der Waals surface area contributed by atoms with Crippen molar-refractivity contribution in [2.24, 2.45) is 11.7 Å². The second-order valence-corrected chi connectivity index (χ2v) is 3.44. The van der Waals surface area contributed by atoms with E-state index >= 15 is 0 Å². The summed E-state index contributed by atoms with van der Waals surface area (Å²) < 4.78 is 4.88. The molecule has 0 bridgehead atoms. The van der Waals surface area contributed by atoms with Gasteiger partial charge in [0.2, 0.25) is 0 Å². The first kappa shape index (κ1) is 11.2. The molecule has 0 saturated heterocycles. The van der Waals surface area contributed by atoms with Crippen molar-refractivity contribution >= 4 is 6.09 Å². The number of amides is 1. The summed E-state index contributed by atoms with van der Waals surface area (Å²) in [5.41, 5.74) is 4.29. The Kier molecular flexibility index (Phi) is 4.03. The molecule has 1 unspecified atom stereocenters. The van der Waals surface area contributed by atoms with Gasteiger partial charge in [-0.3, -0.25) is 0 Å². The average Bonchev–Trinajstić information content (AvgIpc) is 1.85. The van der Waals surface area contributed by atoms with Crippen molar-refractivity contribution < 1.29 is 14.6 Å². The van der Waals surface area contributed by atoms with E-state index in [-0.39, 0.29) is 12.5 Å². The molecule has 0 rings (SSSR count). The Morgan fingerprint density at radius 3 is 2.50 bits per heavy atom. The molecule has 0 aromatic heterocycles. The topological polar surface area (TPSA) is 72.6 Å². The van der Waals surface area contributed by atoms with Gasteiger partial charge in [0.25, 0.3) is 0 Å². The van der Waals surface area contributed by atoms with Crippen LogP contribution in [0.3, 0.4) is 0 Å². The van der Waals surface area contributed by atoms with Crippen molar-refractivity contribution in [3.8, 4) is 0 Å². The lowest BCUT2D eigenvalue weighted by Gasteiger charge is -2.30. The first-order valence-corrected chi connectivity index (χ1v) is 3.99. The molecule has 0 aliphatic heterocycles. The molecule has 0 saturated carbocycles. The molecule has 1 amide bonds. The Hall–Kier alpha value is -0.770. The smallest absolute Gasteiger partial charge is 0.405 e. The molecule has 0 aromatic rings. The third kappa shape index (κ3) is 3.57. The van der Waals surface area contributed by atoms with E-state index in [0.29, 0.717) is 6.42 Å². The van der Waals surface area contributed by atoms with Crippen LogP contribution >= 0.6 is 0 Å². The highest BCUT2D eigenvalue weighted by molar-refractivity contribution is 5.65. The highest BCUT2D eigenvalue weighted by atomic mass is 16.6. The number of nitrogens with two attached hydrogens (primary N) is 1. The van der Waals surface area contributed by atoms with E-state index in [1.54, 1.807) is 13.8 Å². The summed E-state index contributed by atoms with van der Waals surface area (Å²) >= 11 is 0. The quantitative estimate of drug-likeness (QED) is 0.666. The molecule has 0 radical (unpaired) electrons. The molecule has 1 atom stereocenters. The van der Waals surface area contributed by atoms with Crippen LogP contribution < -0.4 is 5.73 Å². The fourth-order valence-corrected chi connectivity index (χ4v) is 0.901. The first-order chi connectivity index (χ1) is 5.40. The summed E-state index contributed by atoms with van der Waals surface area (Å²) in [5, 5.41) is 8.66. The Bertz CT molecular complexity index is 156. The Balaban J connectivity index is 4.07. The molecule has 0 aliphatic rings. The molecule has 12 heavy (non-hydrogen) atoms. The number of carbonyl (C=O) groups is 1. The number of carbonyl (C=O) groups excluding carboxylic acids is 1. The summed E-state index contributed by atoms with van der Waals surface area (Å²) in [6, 6.07) is 0. The minimum Gasteiger partial charge on any atom is -0.443 e. The van der Waals surface area contributed by atoms with Crippen molar-refractivity contribution in [1.82, 2.24) is 0 Å². The van der Waals surface area contributed by atoms with Gasteiger partial charge in [0.15, 0.2) is 0 Å². The number of rotatable bonds is 4. The zero-order chi connectivity index (χ0) is 9.78. The number of hydrogen-bond acceptors (Lipinski definition) is 3. The Morgan fingerprint density at radius 1 is 1.67 bits per heavy atom. The zero-order valence-electron chi connectivity index (χ0n) is 7.83. The lowest BCUT2D eigenvalue weighted by Crippen LogP contribution is -2.37. The van der Waals surface area contributed by atoms with E-state index in [4.69, 9.17) is 15.6 Å². The van der Waals surface area contributed by atoms with Crippen LogP contribution in [-0.2, 0) is 4.74 Å². The van der Waals surface area contributed by atoms with E-state index < -0.39 is 11.7 Å². The van der Waals surface area contributed by atoms with Crippen LogP contribution in [-0.4, -0.2) is 23.4 Å². The lowest BCUT2D eigenvalue weighted by atomic mass is 9.90. The third-order valence-electron chi connectivity index (χ3n) is 2.11. The van der Waals surface area contributed by atoms with Crippen LogP contribution in [0.1, 0.15) is 27.2 Å². The van der Waals surface area contributed by atoms with Gasteiger partial charge in [-0.15, -0.1) is 0 Å². The van der Waals surface area contributed by atoms with Crippen LogP contribution in [0.15, 0.2) is 0 Å². The predicted molar refractivity (Wildman–Crippen MR) is 45.6 cm³/mol. The molecule has 0 aliphatic carbocycles. The maximum absolute atomic E-state index is 10.5. The molecule has 4 heteroatoms. The summed E-state index contributed by atoms with van der Waals surface area (Å²) in [7, 11) is 0. The highest BCUT2D eigenvalue weighted by Gasteiger charge is 2.28. The van der Waals surface area contributed by atoms with Gasteiger partial charge in [0.05, 0.1) is 0 Å². The number of aliphatic hydroxyl groups excluding tert-OH is 1. The molecule has 0 aromatic carbocycles. The maximum atomic E-state index is 10.5. The lowest BCUT2D eigenvalue weighted by molar-refractivity contribution is -0.00297. The third-order valence-corrected chi connectivity index (χ3v) is 2.11. The van der Waals surface area contributed by atoms with Gasteiger partial charge in [-0.1, -0.05) is 6.92 Å². The maximum Gasteiger partial charge on any atom is 0.405 e. The number of hydrogen-bond donors (Lipinski definition) is 2. The number of aliphatic hydroxyl groups is 1. The van der Waals surface area contributed by atoms with Crippen LogP contribution in [0.4, 0.5) is 4.79 Å². The van der Waals surface area contributed by atoms with Gasteiger partial charge in [-0.05, 0) is 26.2 Å². The fourth-order valence-electron chi connectivity index (χ4n) is 0.901. The van der Waals surface area contributed by atoms with Crippen molar-refractivity contribution in [1.29, 1.82) is 0 Å². The van der Waals surface area contributed by atoms with Crippen molar-refractivity contribution in [2.75, 3.05) is 6.61 Å². The number of primary amides is 1. The summed E-state index contributed by atoms with van der Waals surface area (Å²) in [6.45, 7) is 5.54. The van der Waals surface area contributed by atoms with Crippen LogP contribution in [0, 0.1) is 5.92 Å². The predicted octanol–water partition coefficient (Wildman–Crippen LogP) is 0.879. The van der Waals surface area contributed by atoms with Gasteiger partial charge in [-0.25, -0.2) is 4.79 Å². The van der Waals surface area contributed by atoms with Gasteiger partial charge in [0, 0.05) is 6.61 Å². The van der Waals surface area contributed by atoms with E-state index in [0.717, 1.165) is 0 Å².